The third-order valence-corrected chi connectivity index (χ3v) is 4.01. The maximum absolute atomic E-state index is 5.88. The van der Waals surface area contributed by atoms with Crippen molar-refractivity contribution in [2.45, 2.75) is 32.5 Å². The molecule has 6 heteroatoms. The molecule has 1 aliphatic rings. The number of nitrogens with zero attached hydrogens (tertiary/aromatic N) is 4. The van der Waals surface area contributed by atoms with E-state index >= 15 is 0 Å². The standard InChI is InChI=1S/C15H23N5O/c1-3-20-10-12(7-18-20)6-16-8-13-4-5-21-15(13)14-9-17-19(2)11-14/h7,9-11,13,15-16H,3-6,8H2,1-2H3/t13-,15-/m0/s1. The average Bonchev–Trinajstić information content (AvgIpc) is 3.19. The maximum Gasteiger partial charge on any atom is 0.0896 e. The maximum atomic E-state index is 5.88. The molecule has 0 radical (unpaired) electrons. The van der Waals surface area contributed by atoms with Crippen molar-refractivity contribution >= 4 is 0 Å². The molecule has 2 aromatic heterocycles. The van der Waals surface area contributed by atoms with E-state index < -0.39 is 0 Å². The summed E-state index contributed by atoms with van der Waals surface area (Å²) in [5.74, 6) is 0.510. The van der Waals surface area contributed by atoms with E-state index in [4.69, 9.17) is 4.74 Å². The first-order chi connectivity index (χ1) is 10.3. The fourth-order valence-electron chi connectivity index (χ4n) is 2.87. The molecule has 0 spiro atoms. The van der Waals surface area contributed by atoms with Crippen molar-refractivity contribution in [2.24, 2.45) is 13.0 Å². The number of hydrogen-bond acceptors (Lipinski definition) is 4. The van der Waals surface area contributed by atoms with Crippen LogP contribution in [0.4, 0.5) is 0 Å². The van der Waals surface area contributed by atoms with Gasteiger partial charge in [-0.2, -0.15) is 10.2 Å². The predicted octanol–water partition coefficient (Wildman–Crippen LogP) is 1.50. The van der Waals surface area contributed by atoms with Crippen molar-refractivity contribution in [3.63, 3.8) is 0 Å². The first-order valence-corrected chi connectivity index (χ1v) is 7.58. The van der Waals surface area contributed by atoms with Gasteiger partial charge in [0.05, 0.1) is 18.5 Å². The summed E-state index contributed by atoms with van der Waals surface area (Å²) >= 11 is 0. The number of ether oxygens (including phenoxy) is 1. The van der Waals surface area contributed by atoms with Crippen molar-refractivity contribution in [1.82, 2.24) is 24.9 Å². The SMILES string of the molecule is CCn1cc(CNC[C@@H]2CCO[C@@H]2c2cnn(C)c2)cn1. The van der Waals surface area contributed by atoms with Crippen molar-refractivity contribution in [1.29, 1.82) is 0 Å². The Bertz CT molecular complexity index is 576. The van der Waals surface area contributed by atoms with Gasteiger partial charge in [0, 0.05) is 62.7 Å². The lowest BCUT2D eigenvalue weighted by Gasteiger charge is -2.17. The number of aromatic nitrogens is 4. The first kappa shape index (κ1) is 14.3. The van der Waals surface area contributed by atoms with Gasteiger partial charge in [0.15, 0.2) is 0 Å². The van der Waals surface area contributed by atoms with E-state index in [0.29, 0.717) is 5.92 Å². The van der Waals surface area contributed by atoms with Gasteiger partial charge in [-0.05, 0) is 13.3 Å². The van der Waals surface area contributed by atoms with Crippen LogP contribution in [0.5, 0.6) is 0 Å². The lowest BCUT2D eigenvalue weighted by Crippen LogP contribution is -2.24. The van der Waals surface area contributed by atoms with Gasteiger partial charge in [0.2, 0.25) is 0 Å². The molecule has 1 N–H and O–H groups in total. The molecule has 1 saturated heterocycles. The topological polar surface area (TPSA) is 56.9 Å². The minimum atomic E-state index is 0.171. The summed E-state index contributed by atoms with van der Waals surface area (Å²) in [6.45, 7) is 5.66. The third-order valence-electron chi connectivity index (χ3n) is 4.01. The fraction of sp³-hybridized carbons (Fsp3) is 0.600. The molecular weight excluding hydrogens is 266 g/mol. The van der Waals surface area contributed by atoms with Crippen LogP contribution in [0.3, 0.4) is 0 Å². The molecule has 1 aliphatic heterocycles. The van der Waals surface area contributed by atoms with Crippen LogP contribution < -0.4 is 5.32 Å². The highest BCUT2D eigenvalue weighted by Gasteiger charge is 2.30. The van der Waals surface area contributed by atoms with Crippen LogP contribution in [0.25, 0.3) is 0 Å². The van der Waals surface area contributed by atoms with E-state index in [0.717, 1.165) is 32.7 Å². The van der Waals surface area contributed by atoms with Gasteiger partial charge in [-0.1, -0.05) is 0 Å². The van der Waals surface area contributed by atoms with Crippen LogP contribution in [-0.2, 0) is 24.9 Å². The van der Waals surface area contributed by atoms with E-state index in [1.54, 1.807) is 0 Å². The largest absolute Gasteiger partial charge is 0.373 e. The van der Waals surface area contributed by atoms with E-state index in [-0.39, 0.29) is 6.10 Å². The molecule has 3 rings (SSSR count). The number of aryl methyl sites for hydroxylation is 2. The minimum Gasteiger partial charge on any atom is -0.373 e. The molecule has 2 atom stereocenters. The Morgan fingerprint density at radius 2 is 2.24 bits per heavy atom. The van der Waals surface area contributed by atoms with Crippen LogP contribution >= 0.6 is 0 Å². The number of nitrogens with one attached hydrogen (secondary N) is 1. The molecule has 0 bridgehead atoms. The molecular formula is C15H23N5O. The Morgan fingerprint density at radius 1 is 1.33 bits per heavy atom. The zero-order valence-electron chi connectivity index (χ0n) is 12.7. The van der Waals surface area contributed by atoms with Gasteiger partial charge in [0.25, 0.3) is 0 Å². The summed E-state index contributed by atoms with van der Waals surface area (Å²) in [6, 6.07) is 0. The van der Waals surface area contributed by atoms with Gasteiger partial charge >= 0.3 is 0 Å². The Labute approximate surface area is 125 Å². The average molecular weight is 289 g/mol. The highest BCUT2D eigenvalue weighted by atomic mass is 16.5. The second kappa shape index (κ2) is 6.41. The van der Waals surface area contributed by atoms with Crippen LogP contribution in [0.2, 0.25) is 0 Å². The molecule has 21 heavy (non-hydrogen) atoms. The Kier molecular flexibility index (Phi) is 4.36. The summed E-state index contributed by atoms with van der Waals surface area (Å²) in [5.41, 5.74) is 2.41. The predicted molar refractivity (Wildman–Crippen MR) is 79.6 cm³/mol. The first-order valence-electron chi connectivity index (χ1n) is 7.58. The zero-order chi connectivity index (χ0) is 14.7. The molecule has 3 heterocycles. The Hall–Kier alpha value is -1.66. The van der Waals surface area contributed by atoms with Crippen molar-refractivity contribution < 1.29 is 4.74 Å². The monoisotopic (exact) mass is 289 g/mol. The Morgan fingerprint density at radius 3 is 2.95 bits per heavy atom. The minimum absolute atomic E-state index is 0.171. The molecule has 114 valence electrons. The van der Waals surface area contributed by atoms with Crippen LogP contribution in [0.15, 0.2) is 24.8 Å². The molecule has 1 fully saturated rings. The normalized spacial score (nSPS) is 22.0. The molecule has 0 saturated carbocycles. The summed E-state index contributed by atoms with van der Waals surface area (Å²) in [7, 11) is 1.94. The van der Waals surface area contributed by atoms with Crippen molar-refractivity contribution in [2.75, 3.05) is 13.2 Å². The highest BCUT2D eigenvalue weighted by Crippen LogP contribution is 2.33. The smallest absolute Gasteiger partial charge is 0.0896 e. The molecule has 6 nitrogen and oxygen atoms in total. The lowest BCUT2D eigenvalue weighted by atomic mass is 9.97. The quantitative estimate of drug-likeness (QED) is 0.875. The van der Waals surface area contributed by atoms with Gasteiger partial charge in [-0.15, -0.1) is 0 Å². The molecule has 0 aromatic carbocycles. The highest BCUT2D eigenvalue weighted by molar-refractivity contribution is 5.11. The van der Waals surface area contributed by atoms with Gasteiger partial charge in [0.1, 0.15) is 0 Å². The fourth-order valence-corrected chi connectivity index (χ4v) is 2.87. The molecule has 0 unspecified atom stereocenters. The lowest BCUT2D eigenvalue weighted by molar-refractivity contribution is 0.0904. The molecule has 0 amide bonds. The molecule has 2 aromatic rings. The summed E-state index contributed by atoms with van der Waals surface area (Å²) in [6.07, 6.45) is 9.25. The Balaban J connectivity index is 1.52. The van der Waals surface area contributed by atoms with E-state index in [1.165, 1.54) is 11.1 Å². The van der Waals surface area contributed by atoms with E-state index in [9.17, 15) is 0 Å². The third kappa shape index (κ3) is 3.33. The van der Waals surface area contributed by atoms with Crippen LogP contribution in [0, 0.1) is 5.92 Å². The van der Waals surface area contributed by atoms with E-state index in [2.05, 4.69) is 28.6 Å². The number of hydrogen-bond donors (Lipinski definition) is 1. The zero-order valence-corrected chi connectivity index (χ0v) is 12.7. The van der Waals surface area contributed by atoms with Crippen molar-refractivity contribution in [3.8, 4) is 0 Å². The second-order valence-corrected chi connectivity index (χ2v) is 5.62. The van der Waals surface area contributed by atoms with Crippen LogP contribution in [0.1, 0.15) is 30.6 Å². The van der Waals surface area contributed by atoms with Crippen LogP contribution in [-0.4, -0.2) is 32.7 Å². The van der Waals surface area contributed by atoms with Gasteiger partial charge in [-0.25, -0.2) is 0 Å². The van der Waals surface area contributed by atoms with E-state index in [1.807, 2.05) is 35.0 Å². The van der Waals surface area contributed by atoms with Gasteiger partial charge < -0.3 is 10.1 Å². The number of rotatable bonds is 6. The summed E-state index contributed by atoms with van der Waals surface area (Å²) < 4.78 is 9.67. The van der Waals surface area contributed by atoms with Gasteiger partial charge in [-0.3, -0.25) is 9.36 Å². The summed E-state index contributed by atoms with van der Waals surface area (Å²) in [4.78, 5) is 0. The van der Waals surface area contributed by atoms with Crippen molar-refractivity contribution in [3.05, 3.63) is 35.9 Å². The second-order valence-electron chi connectivity index (χ2n) is 5.62. The molecule has 0 aliphatic carbocycles. The summed E-state index contributed by atoms with van der Waals surface area (Å²) in [5, 5.41) is 12.1.